The summed E-state index contributed by atoms with van der Waals surface area (Å²) in [4.78, 5) is 11.2. The van der Waals surface area contributed by atoms with Crippen LogP contribution in [0.15, 0.2) is 0 Å². The van der Waals surface area contributed by atoms with Gasteiger partial charge in [0.2, 0.25) is 0 Å². The Labute approximate surface area is 98.3 Å². The number of hydrogen-bond donors (Lipinski definition) is 0. The second kappa shape index (κ2) is 5.20. The topological polar surface area (TPSA) is 26.3 Å². The van der Waals surface area contributed by atoms with E-state index in [0.29, 0.717) is 0 Å². The molecule has 3 heteroatoms. The Kier molecular flexibility index (Phi) is 5.12. The number of ether oxygens (including phenoxy) is 1. The lowest BCUT2D eigenvalue weighted by Gasteiger charge is -2.34. The molecule has 0 amide bonds. The number of halogens is 1. The van der Waals surface area contributed by atoms with Gasteiger partial charge in [0.15, 0.2) is 0 Å². The number of carbonyl (C=O) groups is 1. The molecule has 0 aromatic rings. The third-order valence-electron chi connectivity index (χ3n) is 2.15. The zero-order valence-electron chi connectivity index (χ0n) is 10.7. The van der Waals surface area contributed by atoms with E-state index in [-0.39, 0.29) is 28.8 Å². The minimum Gasteiger partial charge on any atom is -0.461 e. The fraction of sp³-hybridized carbons (Fsp3) is 0.917. The van der Waals surface area contributed by atoms with Crippen LogP contribution in [0.4, 0.5) is 0 Å². The van der Waals surface area contributed by atoms with E-state index in [2.05, 4.69) is 41.5 Å². The molecule has 0 bridgehead atoms. The first-order valence-electron chi connectivity index (χ1n) is 5.32. The van der Waals surface area contributed by atoms with Crippen LogP contribution >= 0.6 is 11.6 Å². The van der Waals surface area contributed by atoms with E-state index in [4.69, 9.17) is 16.3 Å². The van der Waals surface area contributed by atoms with Crippen LogP contribution in [0.25, 0.3) is 0 Å². The van der Waals surface area contributed by atoms with Gasteiger partial charge in [-0.1, -0.05) is 41.5 Å². The molecule has 0 spiro atoms. The first-order chi connectivity index (χ1) is 6.56. The minimum absolute atomic E-state index is 0.0466. The monoisotopic (exact) mass is 234 g/mol. The van der Waals surface area contributed by atoms with Crippen LogP contribution in [-0.2, 0) is 9.53 Å². The number of alkyl halides is 1. The average Bonchev–Trinajstić information content (AvgIpc) is 1.98. The van der Waals surface area contributed by atoms with Gasteiger partial charge in [-0.2, -0.15) is 0 Å². The Balaban J connectivity index is 4.54. The predicted molar refractivity (Wildman–Crippen MR) is 64.1 cm³/mol. The summed E-state index contributed by atoms with van der Waals surface area (Å²) in [6.45, 7) is 12.6. The highest BCUT2D eigenvalue weighted by molar-refractivity contribution is 6.26. The van der Waals surface area contributed by atoms with Gasteiger partial charge in [-0.3, -0.25) is 4.79 Å². The van der Waals surface area contributed by atoms with Crippen molar-refractivity contribution in [3.05, 3.63) is 0 Å². The lowest BCUT2D eigenvalue weighted by atomic mass is 9.78. The van der Waals surface area contributed by atoms with E-state index in [9.17, 15) is 4.79 Å². The maximum Gasteiger partial charge on any atom is 0.321 e. The van der Waals surface area contributed by atoms with Gasteiger partial charge in [0.25, 0.3) is 0 Å². The van der Waals surface area contributed by atoms with E-state index < -0.39 is 0 Å². The fourth-order valence-corrected chi connectivity index (χ4v) is 1.33. The largest absolute Gasteiger partial charge is 0.461 e. The summed E-state index contributed by atoms with van der Waals surface area (Å²) in [6.07, 6.45) is 0.766. The summed E-state index contributed by atoms with van der Waals surface area (Å²) in [6, 6.07) is 0. The normalized spacial score (nSPS) is 14.9. The summed E-state index contributed by atoms with van der Waals surface area (Å²) >= 11 is 5.44. The highest BCUT2D eigenvalue weighted by Crippen LogP contribution is 2.32. The van der Waals surface area contributed by atoms with E-state index in [0.717, 1.165) is 6.42 Å². The van der Waals surface area contributed by atoms with Gasteiger partial charge in [0.1, 0.15) is 12.0 Å². The van der Waals surface area contributed by atoms with Gasteiger partial charge in [0.05, 0.1) is 0 Å². The first-order valence-corrected chi connectivity index (χ1v) is 5.85. The molecule has 0 fully saturated rings. The molecular formula is C12H23ClO2. The van der Waals surface area contributed by atoms with Crippen molar-refractivity contribution in [1.82, 2.24) is 0 Å². The van der Waals surface area contributed by atoms with Gasteiger partial charge in [-0.15, -0.1) is 11.6 Å². The third kappa shape index (κ3) is 6.77. The molecular weight excluding hydrogens is 212 g/mol. The molecule has 1 unspecified atom stereocenters. The van der Waals surface area contributed by atoms with Crippen LogP contribution in [0.2, 0.25) is 0 Å². The van der Waals surface area contributed by atoms with Crippen LogP contribution in [0.5, 0.6) is 0 Å². The molecule has 0 heterocycles. The lowest BCUT2D eigenvalue weighted by Crippen LogP contribution is -2.35. The maximum absolute atomic E-state index is 11.2. The van der Waals surface area contributed by atoms with E-state index in [1.807, 2.05) is 0 Å². The Morgan fingerprint density at radius 3 is 1.93 bits per heavy atom. The second-order valence-corrected chi connectivity index (χ2v) is 6.51. The Morgan fingerprint density at radius 2 is 1.67 bits per heavy atom. The number of carbonyl (C=O) groups excluding carboxylic acids is 1. The summed E-state index contributed by atoms with van der Waals surface area (Å²) in [5.41, 5.74) is 0.0968. The highest BCUT2D eigenvalue weighted by atomic mass is 35.5. The maximum atomic E-state index is 11.2. The summed E-state index contributed by atoms with van der Waals surface area (Å²) in [5.74, 6) is -0.405. The smallest absolute Gasteiger partial charge is 0.321 e. The zero-order valence-corrected chi connectivity index (χ0v) is 11.4. The Bertz CT molecular complexity index is 211. The standard InChI is InChI=1S/C12H23ClO2/c1-11(2,3)7-9(12(4,5)6)15-10(14)8-13/h9H,7-8H2,1-6H3. The molecule has 0 aromatic heterocycles. The van der Waals surface area contributed by atoms with Crippen molar-refractivity contribution in [3.63, 3.8) is 0 Å². The molecule has 1 atom stereocenters. The molecule has 15 heavy (non-hydrogen) atoms. The predicted octanol–water partition coefficient (Wildman–Crippen LogP) is 3.62. The summed E-state index contributed by atoms with van der Waals surface area (Å²) < 4.78 is 5.37. The van der Waals surface area contributed by atoms with Gasteiger partial charge >= 0.3 is 5.97 Å². The van der Waals surface area contributed by atoms with Crippen LogP contribution in [-0.4, -0.2) is 18.0 Å². The van der Waals surface area contributed by atoms with Crippen molar-refractivity contribution >= 4 is 17.6 Å². The molecule has 0 radical (unpaired) electrons. The molecule has 0 saturated heterocycles. The molecule has 0 aliphatic carbocycles. The van der Waals surface area contributed by atoms with Crippen LogP contribution in [0.3, 0.4) is 0 Å². The lowest BCUT2D eigenvalue weighted by molar-refractivity contribution is -0.153. The van der Waals surface area contributed by atoms with Crippen molar-refractivity contribution in [2.24, 2.45) is 10.8 Å². The van der Waals surface area contributed by atoms with E-state index in [1.165, 1.54) is 0 Å². The van der Waals surface area contributed by atoms with Gasteiger partial charge < -0.3 is 4.74 Å². The molecule has 0 aliphatic heterocycles. The summed E-state index contributed by atoms with van der Waals surface area (Å²) in [5, 5.41) is 0. The molecule has 0 N–H and O–H groups in total. The fourth-order valence-electron chi connectivity index (χ4n) is 1.27. The van der Waals surface area contributed by atoms with Gasteiger partial charge in [-0.05, 0) is 17.3 Å². The number of hydrogen-bond acceptors (Lipinski definition) is 2. The zero-order chi connectivity index (χ0) is 12.3. The molecule has 2 nitrogen and oxygen atoms in total. The number of esters is 1. The van der Waals surface area contributed by atoms with Gasteiger partial charge in [-0.25, -0.2) is 0 Å². The van der Waals surface area contributed by atoms with E-state index in [1.54, 1.807) is 0 Å². The van der Waals surface area contributed by atoms with Crippen molar-refractivity contribution in [1.29, 1.82) is 0 Å². The highest BCUT2D eigenvalue weighted by Gasteiger charge is 2.31. The molecule has 0 aromatic carbocycles. The first kappa shape index (κ1) is 14.8. The Hall–Kier alpha value is -0.240. The van der Waals surface area contributed by atoms with Gasteiger partial charge in [0, 0.05) is 0 Å². The van der Waals surface area contributed by atoms with Crippen molar-refractivity contribution in [2.75, 3.05) is 5.88 Å². The molecule has 0 rings (SSSR count). The quantitative estimate of drug-likeness (QED) is 0.551. The summed E-state index contributed by atoms with van der Waals surface area (Å²) in [7, 11) is 0. The SMILES string of the molecule is CC(C)(C)CC(OC(=O)CCl)C(C)(C)C. The van der Waals surface area contributed by atoms with Crippen LogP contribution in [0, 0.1) is 10.8 Å². The van der Waals surface area contributed by atoms with Crippen molar-refractivity contribution in [3.8, 4) is 0 Å². The molecule has 0 aliphatic rings. The minimum atomic E-state index is -0.333. The molecule has 90 valence electrons. The van der Waals surface area contributed by atoms with Crippen LogP contribution < -0.4 is 0 Å². The Morgan fingerprint density at radius 1 is 1.20 bits per heavy atom. The van der Waals surface area contributed by atoms with Crippen molar-refractivity contribution in [2.45, 2.75) is 54.1 Å². The second-order valence-electron chi connectivity index (χ2n) is 6.24. The van der Waals surface area contributed by atoms with Crippen molar-refractivity contribution < 1.29 is 9.53 Å². The average molecular weight is 235 g/mol. The third-order valence-corrected chi connectivity index (χ3v) is 2.36. The molecule has 0 saturated carbocycles. The number of rotatable bonds is 3. The van der Waals surface area contributed by atoms with Crippen LogP contribution in [0.1, 0.15) is 48.0 Å². The van der Waals surface area contributed by atoms with E-state index >= 15 is 0 Å².